The molecule has 4 rings (SSSR count). The Morgan fingerprint density at radius 3 is 2.41 bits per heavy atom. The molecule has 9 nitrogen and oxygen atoms in total. The first-order valence-corrected chi connectivity index (χ1v) is 13.2. The van der Waals surface area contributed by atoms with Gasteiger partial charge in [-0.25, -0.2) is 9.59 Å². The van der Waals surface area contributed by atoms with Crippen molar-refractivity contribution < 1.29 is 23.9 Å². The summed E-state index contributed by atoms with van der Waals surface area (Å²) >= 11 is 6.24. The van der Waals surface area contributed by atoms with Gasteiger partial charge in [0.05, 0.1) is 35.9 Å². The lowest BCUT2D eigenvalue weighted by Gasteiger charge is -2.40. The predicted molar refractivity (Wildman–Crippen MR) is 149 cm³/mol. The van der Waals surface area contributed by atoms with Gasteiger partial charge in [0.1, 0.15) is 5.75 Å². The number of carbonyl (C=O) groups excluding carboxylic acids is 3. The zero-order valence-electron chi connectivity index (χ0n) is 22.2. The van der Waals surface area contributed by atoms with Crippen LogP contribution in [-0.2, 0) is 9.53 Å². The molecule has 2 aliphatic heterocycles. The van der Waals surface area contributed by atoms with Crippen molar-refractivity contribution in [1.29, 1.82) is 0 Å². The van der Waals surface area contributed by atoms with E-state index in [1.807, 2.05) is 12.1 Å². The third-order valence-electron chi connectivity index (χ3n) is 6.83. The molecule has 2 aromatic rings. The second-order valence-corrected chi connectivity index (χ2v) is 9.59. The van der Waals surface area contributed by atoms with Crippen molar-refractivity contribution in [2.24, 2.45) is 0 Å². The fourth-order valence-corrected chi connectivity index (χ4v) is 5.03. The second-order valence-electron chi connectivity index (χ2n) is 9.18. The number of methoxy groups -OCH3 is 1. The minimum Gasteiger partial charge on any atom is -0.497 e. The molecule has 0 bridgehead atoms. The molecule has 10 heteroatoms. The molecule has 0 saturated carbocycles. The van der Waals surface area contributed by atoms with Gasteiger partial charge in [0.2, 0.25) is 0 Å². The third-order valence-corrected chi connectivity index (χ3v) is 7.16. The summed E-state index contributed by atoms with van der Waals surface area (Å²) in [5.41, 5.74) is 2.14. The van der Waals surface area contributed by atoms with Crippen LogP contribution in [-0.4, -0.2) is 85.6 Å². The minimum absolute atomic E-state index is 0.114. The molecule has 1 saturated heterocycles. The van der Waals surface area contributed by atoms with E-state index in [0.717, 1.165) is 5.56 Å². The number of amides is 3. The van der Waals surface area contributed by atoms with E-state index in [1.165, 1.54) is 4.90 Å². The standard InChI is InChI=1S/C29H33ClN4O5/c1-4-14-34-24(19-32-15-17-33(18-16-32)27(35)22-8-6-7-9-23(22)30)25(28(36)39-5-2)26(31-29(34)37)20-10-12-21(38-3)13-11-20/h4,6-13,26H,1,5,14-19H2,2-3H3,(H,31,37). The molecule has 0 spiro atoms. The van der Waals surface area contributed by atoms with E-state index in [0.29, 0.717) is 60.3 Å². The van der Waals surface area contributed by atoms with Gasteiger partial charge in [-0.3, -0.25) is 14.6 Å². The second kappa shape index (κ2) is 12.8. The number of carbonyl (C=O) groups is 3. The molecule has 1 unspecified atom stereocenters. The van der Waals surface area contributed by atoms with Crippen molar-refractivity contribution >= 4 is 29.5 Å². The average molecular weight is 553 g/mol. The Kier molecular flexibility index (Phi) is 9.27. The summed E-state index contributed by atoms with van der Waals surface area (Å²) in [6.07, 6.45) is 1.62. The van der Waals surface area contributed by atoms with Gasteiger partial charge in [-0.15, -0.1) is 6.58 Å². The fourth-order valence-electron chi connectivity index (χ4n) is 4.82. The van der Waals surface area contributed by atoms with Crippen LogP contribution in [0.1, 0.15) is 28.9 Å². The molecular formula is C29H33ClN4O5. The predicted octanol–water partition coefficient (Wildman–Crippen LogP) is 3.88. The van der Waals surface area contributed by atoms with Gasteiger partial charge in [-0.2, -0.15) is 0 Å². The summed E-state index contributed by atoms with van der Waals surface area (Å²) in [5.74, 6) is 0.0618. The van der Waals surface area contributed by atoms with E-state index in [9.17, 15) is 14.4 Å². The van der Waals surface area contributed by atoms with Crippen LogP contribution < -0.4 is 10.1 Å². The maximum atomic E-state index is 13.4. The quantitative estimate of drug-likeness (QED) is 0.375. The fraction of sp³-hybridized carbons (Fsp3) is 0.345. The van der Waals surface area contributed by atoms with Gasteiger partial charge in [-0.05, 0) is 36.8 Å². The highest BCUT2D eigenvalue weighted by Gasteiger charge is 2.39. The highest BCUT2D eigenvalue weighted by Crippen LogP contribution is 2.33. The first-order chi connectivity index (χ1) is 18.9. The van der Waals surface area contributed by atoms with E-state index in [-0.39, 0.29) is 25.1 Å². The number of piperazine rings is 1. The molecule has 1 N–H and O–H groups in total. The van der Waals surface area contributed by atoms with E-state index in [2.05, 4.69) is 16.8 Å². The van der Waals surface area contributed by atoms with Crippen LogP contribution in [0.3, 0.4) is 0 Å². The highest BCUT2D eigenvalue weighted by atomic mass is 35.5. The van der Waals surface area contributed by atoms with Gasteiger partial charge in [0.25, 0.3) is 5.91 Å². The number of benzene rings is 2. The molecule has 2 aromatic carbocycles. The first kappa shape index (κ1) is 28.2. The number of halogens is 1. The van der Waals surface area contributed by atoms with Crippen molar-refractivity contribution in [3.05, 3.63) is 88.6 Å². The number of urea groups is 1. The summed E-state index contributed by atoms with van der Waals surface area (Å²) in [7, 11) is 1.58. The summed E-state index contributed by atoms with van der Waals surface area (Å²) in [6.45, 7) is 8.40. The molecule has 0 radical (unpaired) electrons. The molecule has 1 fully saturated rings. The number of nitrogens with one attached hydrogen (secondary N) is 1. The van der Waals surface area contributed by atoms with E-state index >= 15 is 0 Å². The Bertz CT molecular complexity index is 1250. The number of esters is 1. The monoisotopic (exact) mass is 552 g/mol. The Balaban J connectivity index is 1.62. The summed E-state index contributed by atoms with van der Waals surface area (Å²) < 4.78 is 10.7. The maximum Gasteiger partial charge on any atom is 0.338 e. The van der Waals surface area contributed by atoms with E-state index in [4.69, 9.17) is 21.1 Å². The van der Waals surface area contributed by atoms with Crippen LogP contribution in [0.15, 0.2) is 72.5 Å². The van der Waals surface area contributed by atoms with Crippen LogP contribution >= 0.6 is 11.6 Å². The molecular weight excluding hydrogens is 520 g/mol. The summed E-state index contributed by atoms with van der Waals surface area (Å²) in [6, 6.07) is 13.2. The first-order valence-electron chi connectivity index (χ1n) is 12.9. The van der Waals surface area contributed by atoms with E-state index < -0.39 is 12.0 Å². The van der Waals surface area contributed by atoms with Crippen molar-refractivity contribution in [2.75, 3.05) is 53.0 Å². The van der Waals surface area contributed by atoms with Crippen molar-refractivity contribution in [1.82, 2.24) is 20.0 Å². The van der Waals surface area contributed by atoms with Gasteiger partial charge in [0.15, 0.2) is 0 Å². The SMILES string of the molecule is C=CCN1C(=O)NC(c2ccc(OC)cc2)C(C(=O)OCC)=C1CN1CCN(C(=O)c2ccccc2Cl)CC1. The number of rotatable bonds is 9. The van der Waals surface area contributed by atoms with Crippen molar-refractivity contribution in [3.63, 3.8) is 0 Å². The Hall–Kier alpha value is -3.82. The molecule has 2 aliphatic rings. The molecule has 2 heterocycles. The third kappa shape index (κ3) is 6.26. The maximum absolute atomic E-state index is 13.4. The zero-order valence-corrected chi connectivity index (χ0v) is 22.9. The summed E-state index contributed by atoms with van der Waals surface area (Å²) in [4.78, 5) is 45.1. The molecule has 0 aliphatic carbocycles. The Morgan fingerprint density at radius 2 is 1.79 bits per heavy atom. The highest BCUT2D eigenvalue weighted by molar-refractivity contribution is 6.33. The largest absolute Gasteiger partial charge is 0.497 e. The smallest absolute Gasteiger partial charge is 0.338 e. The van der Waals surface area contributed by atoms with E-state index in [1.54, 1.807) is 61.4 Å². The normalized spacial score (nSPS) is 18.0. The topological polar surface area (TPSA) is 91.4 Å². The Labute approximate surface area is 233 Å². The average Bonchev–Trinajstić information content (AvgIpc) is 2.95. The molecule has 39 heavy (non-hydrogen) atoms. The Morgan fingerprint density at radius 1 is 1.10 bits per heavy atom. The van der Waals surface area contributed by atoms with Gasteiger partial charge in [-0.1, -0.05) is 41.9 Å². The van der Waals surface area contributed by atoms with Crippen LogP contribution in [0.25, 0.3) is 0 Å². The molecule has 3 amide bonds. The van der Waals surface area contributed by atoms with Crippen LogP contribution in [0.2, 0.25) is 5.02 Å². The lowest BCUT2D eigenvalue weighted by molar-refractivity contribution is -0.139. The number of nitrogens with zero attached hydrogens (tertiary/aromatic N) is 3. The van der Waals surface area contributed by atoms with Gasteiger partial charge in [0, 0.05) is 45.0 Å². The molecule has 0 aromatic heterocycles. The summed E-state index contributed by atoms with van der Waals surface area (Å²) in [5, 5.41) is 3.39. The number of ether oxygens (including phenoxy) is 2. The number of hydrogen-bond donors (Lipinski definition) is 1. The van der Waals surface area contributed by atoms with Crippen LogP contribution in [0.5, 0.6) is 5.75 Å². The lowest BCUT2D eigenvalue weighted by atomic mass is 9.94. The minimum atomic E-state index is -0.693. The molecule has 206 valence electrons. The van der Waals surface area contributed by atoms with Crippen LogP contribution in [0, 0.1) is 0 Å². The van der Waals surface area contributed by atoms with Crippen molar-refractivity contribution in [2.45, 2.75) is 13.0 Å². The van der Waals surface area contributed by atoms with Crippen LogP contribution in [0.4, 0.5) is 4.79 Å². The van der Waals surface area contributed by atoms with Gasteiger partial charge < -0.3 is 19.7 Å². The lowest BCUT2D eigenvalue weighted by Crippen LogP contribution is -2.53. The van der Waals surface area contributed by atoms with Gasteiger partial charge >= 0.3 is 12.0 Å². The van der Waals surface area contributed by atoms with Crippen molar-refractivity contribution in [3.8, 4) is 5.75 Å². The number of hydrogen-bond acceptors (Lipinski definition) is 6. The molecule has 1 atom stereocenters. The zero-order chi connectivity index (χ0) is 27.9.